The molecule has 0 aliphatic rings. The van der Waals surface area contributed by atoms with Crippen molar-refractivity contribution in [3.63, 3.8) is 0 Å². The van der Waals surface area contributed by atoms with Crippen LogP contribution < -0.4 is 0 Å². The molecule has 0 radical (unpaired) electrons. The lowest BCUT2D eigenvalue weighted by atomic mass is 10.2. The molecular formula is C22H18N6. The van der Waals surface area contributed by atoms with E-state index in [-0.39, 0.29) is 0 Å². The summed E-state index contributed by atoms with van der Waals surface area (Å²) >= 11 is 0. The molecule has 28 heavy (non-hydrogen) atoms. The smallest absolute Gasteiger partial charge is 0.160 e. The summed E-state index contributed by atoms with van der Waals surface area (Å²) in [6.07, 6.45) is 3.74. The maximum atomic E-state index is 4.80. The number of hydrogen-bond donors (Lipinski definition) is 0. The predicted molar refractivity (Wildman–Crippen MR) is 108 cm³/mol. The summed E-state index contributed by atoms with van der Waals surface area (Å²) in [6, 6.07) is 22.2. The number of aryl methyl sites for hydroxylation is 1. The molecule has 0 amide bonds. The van der Waals surface area contributed by atoms with E-state index in [0.717, 1.165) is 33.9 Å². The van der Waals surface area contributed by atoms with E-state index in [2.05, 4.69) is 45.0 Å². The van der Waals surface area contributed by atoms with Crippen LogP contribution in [0.5, 0.6) is 0 Å². The van der Waals surface area contributed by atoms with Crippen LogP contribution in [0.25, 0.3) is 28.2 Å². The summed E-state index contributed by atoms with van der Waals surface area (Å²) in [5, 5.41) is 8.67. The molecule has 5 rings (SSSR count). The molecule has 0 saturated carbocycles. The lowest BCUT2D eigenvalue weighted by Crippen LogP contribution is -2.03. The van der Waals surface area contributed by atoms with Crippen LogP contribution in [0.3, 0.4) is 0 Å². The number of fused-ring (bicyclic) bond motifs is 1. The Kier molecular flexibility index (Phi) is 3.94. The Morgan fingerprint density at radius 1 is 0.893 bits per heavy atom. The normalized spacial score (nSPS) is 11.2. The van der Waals surface area contributed by atoms with Crippen molar-refractivity contribution in [1.29, 1.82) is 0 Å². The first-order chi connectivity index (χ1) is 13.8. The van der Waals surface area contributed by atoms with Crippen molar-refractivity contribution in [3.05, 3.63) is 90.4 Å². The number of imidazole rings is 1. The third-order valence-electron chi connectivity index (χ3n) is 4.71. The first kappa shape index (κ1) is 16.4. The molecule has 0 bridgehead atoms. The third-order valence-corrected chi connectivity index (χ3v) is 4.71. The molecular weight excluding hydrogens is 348 g/mol. The molecule has 0 atom stereocenters. The topological polar surface area (TPSA) is 61.4 Å². The van der Waals surface area contributed by atoms with Gasteiger partial charge < -0.3 is 4.57 Å². The number of benzene rings is 2. The van der Waals surface area contributed by atoms with Gasteiger partial charge >= 0.3 is 0 Å². The van der Waals surface area contributed by atoms with Crippen LogP contribution in [-0.2, 0) is 6.54 Å². The van der Waals surface area contributed by atoms with Gasteiger partial charge in [0.25, 0.3) is 0 Å². The fourth-order valence-electron chi connectivity index (χ4n) is 3.28. The highest BCUT2D eigenvalue weighted by Crippen LogP contribution is 2.24. The van der Waals surface area contributed by atoms with Crippen LogP contribution in [0, 0.1) is 6.92 Å². The highest BCUT2D eigenvalue weighted by Gasteiger charge is 2.15. The number of hydrogen-bond acceptors (Lipinski definition) is 4. The standard InChI is InChI=1S/C22H18N6/c1-16-9-11-18(12-10-16)28-15-17(25-26-28)14-27-21-8-3-2-6-19(21)24-22(27)20-7-4-5-13-23-20/h2-13,15H,14H2,1H3. The Hall–Kier alpha value is -3.80. The molecule has 0 fully saturated rings. The van der Waals surface area contributed by atoms with E-state index in [0.29, 0.717) is 6.54 Å². The van der Waals surface area contributed by atoms with E-state index in [4.69, 9.17) is 4.98 Å². The number of aromatic nitrogens is 6. The second-order valence-electron chi connectivity index (χ2n) is 6.72. The number of para-hydroxylation sites is 2. The van der Waals surface area contributed by atoms with Crippen molar-refractivity contribution in [1.82, 2.24) is 29.5 Å². The van der Waals surface area contributed by atoms with Gasteiger partial charge in [0.05, 0.1) is 29.5 Å². The first-order valence-corrected chi connectivity index (χ1v) is 9.13. The molecule has 3 heterocycles. The van der Waals surface area contributed by atoms with Crippen molar-refractivity contribution in [3.8, 4) is 17.2 Å². The Balaban J connectivity index is 1.56. The molecule has 0 spiro atoms. The van der Waals surface area contributed by atoms with E-state index < -0.39 is 0 Å². The molecule has 0 aliphatic carbocycles. The Morgan fingerprint density at radius 3 is 2.54 bits per heavy atom. The molecule has 0 N–H and O–H groups in total. The lowest BCUT2D eigenvalue weighted by molar-refractivity contribution is 0.773. The average Bonchev–Trinajstić information content (AvgIpc) is 3.35. The van der Waals surface area contributed by atoms with Crippen LogP contribution in [0.15, 0.2) is 79.1 Å². The SMILES string of the molecule is Cc1ccc(-n2cc(Cn3c(-c4ccccn4)nc4ccccc43)nn2)cc1. The van der Waals surface area contributed by atoms with E-state index in [1.807, 2.05) is 54.7 Å². The maximum Gasteiger partial charge on any atom is 0.160 e. The van der Waals surface area contributed by atoms with Crippen molar-refractivity contribution in [2.45, 2.75) is 13.5 Å². The predicted octanol–water partition coefficient (Wildman–Crippen LogP) is 4.04. The molecule has 136 valence electrons. The second-order valence-corrected chi connectivity index (χ2v) is 6.72. The molecule has 0 saturated heterocycles. The zero-order valence-corrected chi connectivity index (χ0v) is 15.4. The van der Waals surface area contributed by atoms with Gasteiger partial charge in [0.2, 0.25) is 0 Å². The highest BCUT2D eigenvalue weighted by atomic mass is 15.4. The van der Waals surface area contributed by atoms with Gasteiger partial charge in [-0.1, -0.05) is 41.1 Å². The zero-order chi connectivity index (χ0) is 18.9. The molecule has 0 aliphatic heterocycles. The summed E-state index contributed by atoms with van der Waals surface area (Å²) < 4.78 is 3.94. The van der Waals surface area contributed by atoms with Crippen molar-refractivity contribution in [2.75, 3.05) is 0 Å². The number of pyridine rings is 1. The van der Waals surface area contributed by atoms with Crippen molar-refractivity contribution >= 4 is 11.0 Å². The van der Waals surface area contributed by atoms with E-state index in [1.165, 1.54) is 5.56 Å². The van der Waals surface area contributed by atoms with Crippen LogP contribution in [0.4, 0.5) is 0 Å². The monoisotopic (exact) mass is 366 g/mol. The van der Waals surface area contributed by atoms with Gasteiger partial charge in [-0.05, 0) is 43.3 Å². The van der Waals surface area contributed by atoms with Gasteiger partial charge in [0.15, 0.2) is 5.82 Å². The van der Waals surface area contributed by atoms with Gasteiger partial charge in [-0.3, -0.25) is 4.98 Å². The highest BCUT2D eigenvalue weighted by molar-refractivity contribution is 5.80. The van der Waals surface area contributed by atoms with Gasteiger partial charge in [-0.2, -0.15) is 0 Å². The summed E-state index contributed by atoms with van der Waals surface area (Å²) in [4.78, 5) is 9.28. The number of rotatable bonds is 4. The van der Waals surface area contributed by atoms with Gasteiger partial charge in [0.1, 0.15) is 11.4 Å². The Morgan fingerprint density at radius 2 is 1.71 bits per heavy atom. The van der Waals surface area contributed by atoms with Crippen molar-refractivity contribution < 1.29 is 0 Å². The first-order valence-electron chi connectivity index (χ1n) is 9.13. The third kappa shape index (κ3) is 2.95. The summed E-state index contributed by atoms with van der Waals surface area (Å²) in [7, 11) is 0. The Bertz CT molecular complexity index is 1240. The fraction of sp³-hybridized carbons (Fsp3) is 0.0909. The fourth-order valence-corrected chi connectivity index (χ4v) is 3.28. The minimum atomic E-state index is 0.568. The Labute approximate surface area is 162 Å². The molecule has 3 aromatic heterocycles. The zero-order valence-electron chi connectivity index (χ0n) is 15.4. The minimum absolute atomic E-state index is 0.568. The minimum Gasteiger partial charge on any atom is -0.316 e. The van der Waals surface area contributed by atoms with Crippen LogP contribution in [0.1, 0.15) is 11.3 Å². The summed E-state index contributed by atoms with van der Waals surface area (Å²) in [6.45, 7) is 2.64. The van der Waals surface area contributed by atoms with E-state index >= 15 is 0 Å². The molecule has 6 heteroatoms. The van der Waals surface area contributed by atoms with Crippen LogP contribution >= 0.6 is 0 Å². The van der Waals surface area contributed by atoms with Gasteiger partial charge in [-0.15, -0.1) is 5.10 Å². The van der Waals surface area contributed by atoms with E-state index in [9.17, 15) is 0 Å². The molecule has 2 aromatic carbocycles. The second kappa shape index (κ2) is 6.74. The number of nitrogens with zero attached hydrogens (tertiary/aromatic N) is 6. The largest absolute Gasteiger partial charge is 0.316 e. The quantitative estimate of drug-likeness (QED) is 0.482. The average molecular weight is 366 g/mol. The van der Waals surface area contributed by atoms with E-state index in [1.54, 1.807) is 10.9 Å². The lowest BCUT2D eigenvalue weighted by Gasteiger charge is -2.06. The molecule has 5 aromatic rings. The van der Waals surface area contributed by atoms with Gasteiger partial charge in [-0.25, -0.2) is 9.67 Å². The van der Waals surface area contributed by atoms with Crippen LogP contribution in [-0.4, -0.2) is 29.5 Å². The van der Waals surface area contributed by atoms with Crippen molar-refractivity contribution in [2.24, 2.45) is 0 Å². The van der Waals surface area contributed by atoms with Gasteiger partial charge in [0, 0.05) is 6.20 Å². The molecule has 6 nitrogen and oxygen atoms in total. The van der Waals surface area contributed by atoms with Crippen LogP contribution in [0.2, 0.25) is 0 Å². The summed E-state index contributed by atoms with van der Waals surface area (Å²) in [5.41, 5.74) is 5.89. The summed E-state index contributed by atoms with van der Waals surface area (Å²) in [5.74, 6) is 0.826. The molecule has 0 unspecified atom stereocenters. The maximum absolute atomic E-state index is 4.80.